The summed E-state index contributed by atoms with van der Waals surface area (Å²) in [6.07, 6.45) is 0.582. The number of nitrogens with two attached hydrogens (primary N) is 1. The van der Waals surface area contributed by atoms with Crippen LogP contribution >= 0.6 is 11.3 Å². The summed E-state index contributed by atoms with van der Waals surface area (Å²) in [7, 11) is 0. The van der Waals surface area contributed by atoms with Crippen LogP contribution in [0, 0.1) is 6.92 Å². The lowest BCUT2D eigenvalue weighted by Crippen LogP contribution is -2.05. The van der Waals surface area contributed by atoms with Gasteiger partial charge < -0.3 is 15.0 Å². The van der Waals surface area contributed by atoms with E-state index in [0.29, 0.717) is 11.7 Å². The van der Waals surface area contributed by atoms with Gasteiger partial charge in [0, 0.05) is 6.42 Å². The minimum absolute atomic E-state index is 0.183. The summed E-state index contributed by atoms with van der Waals surface area (Å²) in [5, 5.41) is 4.81. The van der Waals surface area contributed by atoms with Crippen molar-refractivity contribution in [2.24, 2.45) is 0 Å². The van der Waals surface area contributed by atoms with Crippen molar-refractivity contribution in [2.45, 2.75) is 19.4 Å². The number of ether oxygens (including phenoxy) is 1. The fraction of sp³-hybridized carbons (Fsp3) is 0.200. The van der Waals surface area contributed by atoms with Crippen LogP contribution in [0.3, 0.4) is 0 Å². The predicted molar refractivity (Wildman–Crippen MR) is 80.3 cm³/mol. The molecule has 0 aliphatic carbocycles. The van der Waals surface area contributed by atoms with Gasteiger partial charge in [0.05, 0.1) is 9.88 Å². The third-order valence-corrected chi connectivity index (χ3v) is 4.56. The number of hydrogen-bond donors (Lipinski definition) is 1. The van der Waals surface area contributed by atoms with E-state index >= 15 is 0 Å². The molecule has 4 rings (SSSR count). The normalized spacial score (nSPS) is 16.7. The van der Waals surface area contributed by atoms with E-state index in [4.69, 9.17) is 15.0 Å². The third kappa shape index (κ3) is 2.08. The summed E-state index contributed by atoms with van der Waals surface area (Å²) in [6, 6.07) is 9.89. The van der Waals surface area contributed by atoms with Crippen LogP contribution in [-0.2, 0) is 6.42 Å². The summed E-state index contributed by atoms with van der Waals surface area (Å²) < 4.78 is 11.2. The standard InChI is InChI=1S/C15H13N3O2S/c1-8-6-12(16)21-13(8)15-17-14(18-20-15)11-7-9-4-2-3-5-10(9)19-11/h2-6,11H,7,16H2,1H3. The Labute approximate surface area is 125 Å². The zero-order valence-corrected chi connectivity index (χ0v) is 12.2. The summed E-state index contributed by atoms with van der Waals surface area (Å²) in [6.45, 7) is 1.98. The first-order valence-electron chi connectivity index (χ1n) is 6.65. The van der Waals surface area contributed by atoms with E-state index in [2.05, 4.69) is 16.2 Å². The summed E-state index contributed by atoms with van der Waals surface area (Å²) in [4.78, 5) is 5.39. The van der Waals surface area contributed by atoms with Crippen LogP contribution in [0.25, 0.3) is 10.8 Å². The molecule has 6 heteroatoms. The highest BCUT2D eigenvalue weighted by Gasteiger charge is 2.28. The van der Waals surface area contributed by atoms with Crippen molar-refractivity contribution in [2.75, 3.05) is 5.73 Å². The van der Waals surface area contributed by atoms with Gasteiger partial charge in [0.25, 0.3) is 5.89 Å². The molecular formula is C15H13N3O2S. The Morgan fingerprint density at radius 1 is 1.33 bits per heavy atom. The van der Waals surface area contributed by atoms with Gasteiger partial charge in [-0.25, -0.2) is 0 Å². The fourth-order valence-corrected chi connectivity index (χ4v) is 3.36. The molecule has 0 saturated carbocycles. The molecule has 3 aromatic rings. The molecule has 1 unspecified atom stereocenters. The maximum absolute atomic E-state index is 5.87. The van der Waals surface area contributed by atoms with Crippen LogP contribution in [0.1, 0.15) is 23.1 Å². The van der Waals surface area contributed by atoms with Gasteiger partial charge in [-0.1, -0.05) is 23.4 Å². The van der Waals surface area contributed by atoms with Crippen molar-refractivity contribution >= 4 is 16.3 Å². The van der Waals surface area contributed by atoms with Crippen LogP contribution < -0.4 is 10.5 Å². The largest absolute Gasteiger partial charge is 0.482 e. The van der Waals surface area contributed by atoms with Crippen LogP contribution in [0.15, 0.2) is 34.9 Å². The second kappa shape index (κ2) is 4.60. The smallest absolute Gasteiger partial charge is 0.268 e. The van der Waals surface area contributed by atoms with Gasteiger partial charge in [-0.3, -0.25) is 0 Å². The van der Waals surface area contributed by atoms with Gasteiger partial charge >= 0.3 is 0 Å². The first-order valence-corrected chi connectivity index (χ1v) is 7.47. The van der Waals surface area contributed by atoms with Crippen molar-refractivity contribution in [3.63, 3.8) is 0 Å². The van der Waals surface area contributed by atoms with Crippen molar-refractivity contribution in [1.29, 1.82) is 0 Å². The number of nitrogens with zero attached hydrogens (tertiary/aromatic N) is 2. The fourth-order valence-electron chi connectivity index (χ4n) is 2.50. The molecule has 1 aliphatic rings. The lowest BCUT2D eigenvalue weighted by Gasteiger charge is -2.04. The molecule has 0 fully saturated rings. The second-order valence-corrected chi connectivity index (χ2v) is 6.12. The highest BCUT2D eigenvalue weighted by molar-refractivity contribution is 7.19. The number of anilines is 1. The maximum Gasteiger partial charge on any atom is 0.268 e. The second-order valence-electron chi connectivity index (χ2n) is 5.04. The Kier molecular flexibility index (Phi) is 2.71. The molecule has 0 bridgehead atoms. The first kappa shape index (κ1) is 12.4. The van der Waals surface area contributed by atoms with Crippen molar-refractivity contribution in [3.05, 3.63) is 47.3 Å². The Morgan fingerprint density at radius 2 is 2.19 bits per heavy atom. The quantitative estimate of drug-likeness (QED) is 0.785. The van der Waals surface area contributed by atoms with E-state index in [1.807, 2.05) is 31.2 Å². The van der Waals surface area contributed by atoms with E-state index in [-0.39, 0.29) is 6.10 Å². The monoisotopic (exact) mass is 299 g/mol. The van der Waals surface area contributed by atoms with Gasteiger partial charge in [-0.2, -0.15) is 4.98 Å². The number of para-hydroxylation sites is 1. The number of benzene rings is 1. The maximum atomic E-state index is 5.87. The van der Waals surface area contributed by atoms with Gasteiger partial charge in [-0.05, 0) is 30.2 Å². The number of aromatic nitrogens is 2. The molecule has 0 amide bonds. The molecule has 2 aromatic heterocycles. The predicted octanol–water partition coefficient (Wildman–Crippen LogP) is 3.36. The van der Waals surface area contributed by atoms with Crippen molar-refractivity contribution in [3.8, 4) is 16.5 Å². The molecule has 1 aromatic carbocycles. The molecule has 21 heavy (non-hydrogen) atoms. The summed E-state index contributed by atoms with van der Waals surface area (Å²) in [5.41, 5.74) is 8.02. The van der Waals surface area contributed by atoms with Gasteiger partial charge in [0.2, 0.25) is 5.82 Å². The molecule has 0 radical (unpaired) electrons. The minimum Gasteiger partial charge on any atom is -0.482 e. The van der Waals surface area contributed by atoms with Gasteiger partial charge in [0.15, 0.2) is 6.10 Å². The molecule has 0 spiro atoms. The molecule has 1 atom stereocenters. The Bertz CT molecular complexity index is 784. The average Bonchev–Trinajstić information content (AvgIpc) is 3.15. The van der Waals surface area contributed by atoms with Crippen LogP contribution in [-0.4, -0.2) is 10.1 Å². The summed E-state index contributed by atoms with van der Waals surface area (Å²) >= 11 is 1.45. The highest BCUT2D eigenvalue weighted by atomic mass is 32.1. The van der Waals surface area contributed by atoms with Gasteiger partial charge in [-0.15, -0.1) is 11.3 Å². The number of aryl methyl sites for hydroxylation is 1. The topological polar surface area (TPSA) is 74.2 Å². The number of thiophene rings is 1. The zero-order chi connectivity index (χ0) is 14.4. The highest BCUT2D eigenvalue weighted by Crippen LogP contribution is 2.37. The molecule has 3 heterocycles. The average molecular weight is 299 g/mol. The number of nitrogen functional groups attached to an aromatic ring is 1. The summed E-state index contributed by atoms with van der Waals surface area (Å²) in [5.74, 6) is 1.97. The van der Waals surface area contributed by atoms with E-state index in [1.54, 1.807) is 0 Å². The van der Waals surface area contributed by atoms with E-state index in [0.717, 1.165) is 27.6 Å². The third-order valence-electron chi connectivity index (χ3n) is 3.51. The molecule has 106 valence electrons. The number of hydrogen-bond acceptors (Lipinski definition) is 6. The van der Waals surface area contributed by atoms with Crippen LogP contribution in [0.4, 0.5) is 5.00 Å². The molecule has 5 nitrogen and oxygen atoms in total. The van der Waals surface area contributed by atoms with E-state index in [9.17, 15) is 0 Å². The molecule has 2 N–H and O–H groups in total. The lowest BCUT2D eigenvalue weighted by molar-refractivity contribution is 0.221. The number of fused-ring (bicyclic) bond motifs is 1. The Balaban J connectivity index is 1.63. The molecular weight excluding hydrogens is 286 g/mol. The van der Waals surface area contributed by atoms with Crippen LogP contribution in [0.2, 0.25) is 0 Å². The van der Waals surface area contributed by atoms with E-state index in [1.165, 1.54) is 16.9 Å². The van der Waals surface area contributed by atoms with Gasteiger partial charge in [0.1, 0.15) is 5.75 Å². The minimum atomic E-state index is -0.183. The lowest BCUT2D eigenvalue weighted by atomic mass is 10.1. The number of rotatable bonds is 2. The SMILES string of the molecule is Cc1cc(N)sc1-c1nc(C2Cc3ccccc3O2)no1. The van der Waals surface area contributed by atoms with Crippen LogP contribution in [0.5, 0.6) is 5.75 Å². The Hall–Kier alpha value is -2.34. The molecule has 1 aliphatic heterocycles. The van der Waals surface area contributed by atoms with Crippen molar-refractivity contribution < 1.29 is 9.26 Å². The van der Waals surface area contributed by atoms with Crippen molar-refractivity contribution in [1.82, 2.24) is 10.1 Å². The zero-order valence-electron chi connectivity index (χ0n) is 11.4. The first-order chi connectivity index (χ1) is 10.2. The Morgan fingerprint density at radius 3 is 2.95 bits per heavy atom. The molecule has 0 saturated heterocycles. The van der Waals surface area contributed by atoms with E-state index < -0.39 is 0 Å².